The molecule has 31 heavy (non-hydrogen) atoms. The minimum absolute atomic E-state index is 0.00568. The zero-order valence-electron chi connectivity index (χ0n) is 18.4. The highest BCUT2D eigenvalue weighted by atomic mass is 32.2. The molecule has 1 atom stereocenters. The first kappa shape index (κ1) is 21.7. The molecule has 2 aromatic heterocycles. The van der Waals surface area contributed by atoms with Gasteiger partial charge in [-0.2, -0.15) is 0 Å². The SMILES string of the molecule is CC(C)Cn1c(SCC(=O)NC(C)c2ccc3c(c2)CCCC3)nnc1-c1ccco1. The zero-order valence-corrected chi connectivity index (χ0v) is 19.2. The van der Waals surface area contributed by atoms with E-state index in [-0.39, 0.29) is 11.9 Å². The molecule has 4 rings (SSSR count). The maximum atomic E-state index is 12.6. The van der Waals surface area contributed by atoms with Crippen LogP contribution in [-0.4, -0.2) is 26.4 Å². The molecular formula is C24H30N4O2S. The largest absolute Gasteiger partial charge is 0.461 e. The Kier molecular flexibility index (Phi) is 6.80. The quantitative estimate of drug-likeness (QED) is 0.499. The highest BCUT2D eigenvalue weighted by Crippen LogP contribution is 2.27. The molecule has 2 heterocycles. The summed E-state index contributed by atoms with van der Waals surface area (Å²) >= 11 is 1.41. The van der Waals surface area contributed by atoms with Crippen molar-refractivity contribution in [2.75, 3.05) is 5.75 Å². The lowest BCUT2D eigenvalue weighted by Crippen LogP contribution is -2.28. The minimum atomic E-state index is -0.0208. The predicted octanol–water partition coefficient (Wildman–Crippen LogP) is 5.04. The lowest BCUT2D eigenvalue weighted by molar-refractivity contribution is -0.119. The number of fused-ring (bicyclic) bond motifs is 1. The number of carbonyl (C=O) groups is 1. The molecular weight excluding hydrogens is 408 g/mol. The maximum absolute atomic E-state index is 12.6. The van der Waals surface area contributed by atoms with Crippen molar-refractivity contribution in [3.63, 3.8) is 0 Å². The van der Waals surface area contributed by atoms with Crippen LogP contribution in [0.5, 0.6) is 0 Å². The first-order chi connectivity index (χ1) is 15.0. The summed E-state index contributed by atoms with van der Waals surface area (Å²) in [6.45, 7) is 7.10. The average Bonchev–Trinajstić information content (AvgIpc) is 3.41. The van der Waals surface area contributed by atoms with Crippen LogP contribution >= 0.6 is 11.8 Å². The van der Waals surface area contributed by atoms with Crippen molar-refractivity contribution in [2.24, 2.45) is 5.92 Å². The number of thioether (sulfide) groups is 1. The van der Waals surface area contributed by atoms with Gasteiger partial charge in [-0.1, -0.05) is 43.8 Å². The van der Waals surface area contributed by atoms with Gasteiger partial charge in [0.15, 0.2) is 16.7 Å². The summed E-state index contributed by atoms with van der Waals surface area (Å²) in [4.78, 5) is 12.6. The molecule has 0 saturated carbocycles. The Hall–Kier alpha value is -2.54. The molecule has 1 unspecified atom stereocenters. The van der Waals surface area contributed by atoms with Crippen molar-refractivity contribution in [1.29, 1.82) is 0 Å². The molecule has 6 nitrogen and oxygen atoms in total. The number of aromatic nitrogens is 3. The van der Waals surface area contributed by atoms with Gasteiger partial charge in [0, 0.05) is 6.54 Å². The molecule has 3 aromatic rings. The molecule has 7 heteroatoms. The van der Waals surface area contributed by atoms with E-state index in [1.54, 1.807) is 6.26 Å². The second kappa shape index (κ2) is 9.73. The molecule has 1 N–H and O–H groups in total. The normalized spacial score (nSPS) is 14.5. The van der Waals surface area contributed by atoms with E-state index < -0.39 is 0 Å². The van der Waals surface area contributed by atoms with Crippen LogP contribution in [0.25, 0.3) is 11.6 Å². The van der Waals surface area contributed by atoms with E-state index in [4.69, 9.17) is 4.42 Å². The number of nitrogens with one attached hydrogen (secondary N) is 1. The van der Waals surface area contributed by atoms with Crippen LogP contribution in [0.15, 0.2) is 46.2 Å². The first-order valence-electron chi connectivity index (χ1n) is 11.0. The van der Waals surface area contributed by atoms with Crippen LogP contribution in [-0.2, 0) is 24.2 Å². The summed E-state index contributed by atoms with van der Waals surface area (Å²) in [5.74, 6) is 2.09. The number of furan rings is 1. The van der Waals surface area contributed by atoms with Crippen LogP contribution in [0.3, 0.4) is 0 Å². The highest BCUT2D eigenvalue weighted by molar-refractivity contribution is 7.99. The second-order valence-electron chi connectivity index (χ2n) is 8.60. The van der Waals surface area contributed by atoms with Crippen LogP contribution in [0, 0.1) is 5.92 Å². The van der Waals surface area contributed by atoms with Crippen LogP contribution in [0.4, 0.5) is 0 Å². The summed E-state index contributed by atoms with van der Waals surface area (Å²) < 4.78 is 7.55. The number of rotatable bonds is 8. The fourth-order valence-electron chi connectivity index (χ4n) is 4.03. The van der Waals surface area contributed by atoms with Crippen molar-refractivity contribution in [3.8, 4) is 11.6 Å². The standard InChI is InChI=1S/C24H30N4O2S/c1-16(2)14-28-23(21-9-6-12-30-21)26-27-24(28)31-15-22(29)25-17(3)19-11-10-18-7-4-5-8-20(18)13-19/h6,9-13,16-17H,4-5,7-8,14-15H2,1-3H3,(H,25,29). The zero-order chi connectivity index (χ0) is 21.8. The third kappa shape index (κ3) is 5.21. The van der Waals surface area contributed by atoms with Crippen molar-refractivity contribution in [3.05, 3.63) is 53.3 Å². The van der Waals surface area contributed by atoms with Crippen LogP contribution in [0.2, 0.25) is 0 Å². The number of nitrogens with zero attached hydrogens (tertiary/aromatic N) is 3. The van der Waals surface area contributed by atoms with Gasteiger partial charge in [0.05, 0.1) is 18.1 Å². The van der Waals surface area contributed by atoms with E-state index in [0.717, 1.165) is 18.1 Å². The number of benzene rings is 1. The summed E-state index contributed by atoms with van der Waals surface area (Å²) in [6, 6.07) is 10.3. The summed E-state index contributed by atoms with van der Waals surface area (Å²) in [6.07, 6.45) is 6.48. The third-order valence-corrected chi connectivity index (χ3v) is 6.56. The number of hydrogen-bond acceptors (Lipinski definition) is 5. The molecule has 0 aliphatic heterocycles. The summed E-state index contributed by atoms with van der Waals surface area (Å²) in [5.41, 5.74) is 4.06. The molecule has 0 saturated heterocycles. The molecule has 1 amide bonds. The Labute approximate surface area is 187 Å². The van der Waals surface area contributed by atoms with E-state index in [0.29, 0.717) is 23.3 Å². The van der Waals surface area contributed by atoms with Gasteiger partial charge >= 0.3 is 0 Å². The maximum Gasteiger partial charge on any atom is 0.230 e. The number of carbonyl (C=O) groups excluding carboxylic acids is 1. The Bertz CT molecular complexity index is 1030. The van der Waals surface area contributed by atoms with Gasteiger partial charge in [0.1, 0.15) is 0 Å². The molecule has 0 fully saturated rings. The van der Waals surface area contributed by atoms with Gasteiger partial charge in [0.2, 0.25) is 5.91 Å². The fraction of sp³-hybridized carbons (Fsp3) is 0.458. The minimum Gasteiger partial charge on any atom is -0.461 e. The van der Waals surface area contributed by atoms with Gasteiger partial charge in [0.25, 0.3) is 0 Å². The Morgan fingerprint density at radius 3 is 2.71 bits per heavy atom. The van der Waals surface area contributed by atoms with E-state index in [1.807, 2.05) is 23.6 Å². The number of amides is 1. The molecule has 1 aliphatic carbocycles. The average molecular weight is 439 g/mol. The predicted molar refractivity (Wildman–Crippen MR) is 123 cm³/mol. The summed E-state index contributed by atoms with van der Waals surface area (Å²) in [5, 5.41) is 12.5. The van der Waals surface area contributed by atoms with E-state index in [2.05, 4.69) is 47.6 Å². The lowest BCUT2D eigenvalue weighted by Gasteiger charge is -2.20. The number of aryl methyl sites for hydroxylation is 2. The van der Waals surface area contributed by atoms with E-state index in [1.165, 1.54) is 47.7 Å². The molecule has 164 valence electrons. The summed E-state index contributed by atoms with van der Waals surface area (Å²) in [7, 11) is 0. The Morgan fingerprint density at radius 1 is 1.16 bits per heavy atom. The van der Waals surface area contributed by atoms with Gasteiger partial charge in [-0.3, -0.25) is 9.36 Å². The van der Waals surface area contributed by atoms with Crippen molar-refractivity contribution >= 4 is 17.7 Å². The molecule has 1 aliphatic rings. The van der Waals surface area contributed by atoms with Crippen molar-refractivity contribution in [2.45, 2.75) is 64.2 Å². The molecule has 0 bridgehead atoms. The lowest BCUT2D eigenvalue weighted by atomic mass is 9.89. The van der Waals surface area contributed by atoms with Gasteiger partial charge < -0.3 is 9.73 Å². The monoisotopic (exact) mass is 438 g/mol. The van der Waals surface area contributed by atoms with E-state index in [9.17, 15) is 4.79 Å². The van der Waals surface area contributed by atoms with Gasteiger partial charge in [-0.05, 0) is 67.3 Å². The fourth-order valence-corrected chi connectivity index (χ4v) is 4.79. The molecule has 1 aromatic carbocycles. The topological polar surface area (TPSA) is 73.0 Å². The van der Waals surface area contributed by atoms with Crippen LogP contribution in [0.1, 0.15) is 56.3 Å². The number of hydrogen-bond donors (Lipinski definition) is 1. The second-order valence-corrected chi connectivity index (χ2v) is 9.54. The van der Waals surface area contributed by atoms with Gasteiger partial charge in [-0.25, -0.2) is 0 Å². The Balaban J connectivity index is 1.39. The molecule has 0 radical (unpaired) electrons. The van der Waals surface area contributed by atoms with Crippen LogP contribution < -0.4 is 5.32 Å². The smallest absolute Gasteiger partial charge is 0.230 e. The first-order valence-corrected chi connectivity index (χ1v) is 12.0. The molecule has 0 spiro atoms. The highest BCUT2D eigenvalue weighted by Gasteiger charge is 2.19. The van der Waals surface area contributed by atoms with Crippen molar-refractivity contribution in [1.82, 2.24) is 20.1 Å². The van der Waals surface area contributed by atoms with Crippen molar-refractivity contribution < 1.29 is 9.21 Å². The third-order valence-electron chi connectivity index (χ3n) is 5.59. The van der Waals surface area contributed by atoms with Gasteiger partial charge in [-0.15, -0.1) is 10.2 Å². The Morgan fingerprint density at radius 2 is 1.97 bits per heavy atom. The van der Waals surface area contributed by atoms with E-state index >= 15 is 0 Å².